The van der Waals surface area contributed by atoms with Gasteiger partial charge in [0.2, 0.25) is 11.8 Å². The van der Waals surface area contributed by atoms with E-state index in [1.807, 2.05) is 30.3 Å². The summed E-state index contributed by atoms with van der Waals surface area (Å²) < 4.78 is 5.31. The summed E-state index contributed by atoms with van der Waals surface area (Å²) in [7, 11) is 0. The van der Waals surface area contributed by atoms with Gasteiger partial charge in [-0.05, 0) is 12.1 Å². The number of para-hydroxylation sites is 1. The average molecular weight is 319 g/mol. The lowest BCUT2D eigenvalue weighted by Crippen LogP contribution is -2.43. The number of amides is 2. The topological polar surface area (TPSA) is 61.9 Å². The third-order valence-corrected chi connectivity index (χ3v) is 3.90. The van der Waals surface area contributed by atoms with Gasteiger partial charge in [-0.3, -0.25) is 14.5 Å². The summed E-state index contributed by atoms with van der Waals surface area (Å²) in [5.41, 5.74) is 0.778. The van der Waals surface area contributed by atoms with E-state index in [1.165, 1.54) is 0 Å². The van der Waals surface area contributed by atoms with Crippen LogP contribution in [0.5, 0.6) is 0 Å². The molecule has 0 radical (unpaired) electrons. The second kappa shape index (κ2) is 9.27. The number of morpholine rings is 1. The molecular formula is C17H25N3O3. The van der Waals surface area contributed by atoms with Crippen molar-refractivity contribution in [1.82, 2.24) is 9.80 Å². The Labute approximate surface area is 137 Å². The van der Waals surface area contributed by atoms with Crippen LogP contribution in [0, 0.1) is 0 Å². The Morgan fingerprint density at radius 2 is 1.87 bits per heavy atom. The van der Waals surface area contributed by atoms with Crippen LogP contribution in [0.2, 0.25) is 0 Å². The van der Waals surface area contributed by atoms with Gasteiger partial charge in [-0.1, -0.05) is 18.2 Å². The van der Waals surface area contributed by atoms with Crippen LogP contribution < -0.4 is 5.32 Å². The molecule has 2 amide bonds. The number of ether oxygens (including phenoxy) is 1. The first kappa shape index (κ1) is 17.4. The molecule has 0 aromatic heterocycles. The Kier molecular flexibility index (Phi) is 7.03. The Bertz CT molecular complexity index is 501. The normalized spacial score (nSPS) is 15.2. The molecule has 0 unspecified atom stereocenters. The van der Waals surface area contributed by atoms with Gasteiger partial charge in [0, 0.05) is 51.8 Å². The first-order valence-electron chi connectivity index (χ1n) is 8.05. The van der Waals surface area contributed by atoms with Crippen LogP contribution in [0.3, 0.4) is 0 Å². The number of carbonyl (C=O) groups excluding carboxylic acids is 2. The van der Waals surface area contributed by atoms with Crippen molar-refractivity contribution in [2.24, 2.45) is 0 Å². The van der Waals surface area contributed by atoms with Crippen LogP contribution in [-0.2, 0) is 14.3 Å². The van der Waals surface area contributed by atoms with Gasteiger partial charge in [0.05, 0.1) is 13.2 Å². The van der Waals surface area contributed by atoms with Gasteiger partial charge in [0.15, 0.2) is 0 Å². The number of carbonyl (C=O) groups is 2. The van der Waals surface area contributed by atoms with E-state index in [0.29, 0.717) is 19.5 Å². The highest BCUT2D eigenvalue weighted by Gasteiger charge is 2.15. The van der Waals surface area contributed by atoms with Crippen molar-refractivity contribution in [3.05, 3.63) is 30.3 Å². The van der Waals surface area contributed by atoms with Crippen molar-refractivity contribution >= 4 is 17.5 Å². The summed E-state index contributed by atoms with van der Waals surface area (Å²) in [5, 5.41) is 2.84. The third kappa shape index (κ3) is 6.38. The molecule has 1 aromatic carbocycles. The number of benzene rings is 1. The third-order valence-electron chi connectivity index (χ3n) is 3.90. The van der Waals surface area contributed by atoms with E-state index in [9.17, 15) is 9.59 Å². The second-order valence-electron chi connectivity index (χ2n) is 5.62. The van der Waals surface area contributed by atoms with Crippen LogP contribution in [0.4, 0.5) is 5.69 Å². The van der Waals surface area contributed by atoms with E-state index in [1.54, 1.807) is 11.8 Å². The fourth-order valence-electron chi connectivity index (χ4n) is 2.50. The van der Waals surface area contributed by atoms with Crippen molar-refractivity contribution in [1.29, 1.82) is 0 Å². The summed E-state index contributed by atoms with van der Waals surface area (Å²) in [6.07, 6.45) is 0.303. The van der Waals surface area contributed by atoms with Gasteiger partial charge < -0.3 is 15.0 Å². The predicted molar refractivity (Wildman–Crippen MR) is 89.2 cm³/mol. The number of nitrogens with one attached hydrogen (secondary N) is 1. The molecule has 1 fully saturated rings. The number of nitrogens with zero attached hydrogens (tertiary/aromatic N) is 2. The summed E-state index contributed by atoms with van der Waals surface area (Å²) in [6.45, 7) is 6.77. The van der Waals surface area contributed by atoms with Crippen molar-refractivity contribution in [3.8, 4) is 0 Å². The van der Waals surface area contributed by atoms with E-state index >= 15 is 0 Å². The van der Waals surface area contributed by atoms with Crippen LogP contribution in [0.15, 0.2) is 30.3 Å². The molecule has 2 rings (SSSR count). The summed E-state index contributed by atoms with van der Waals surface area (Å²) in [5.74, 6) is -0.0698. The Morgan fingerprint density at radius 3 is 2.52 bits per heavy atom. The minimum atomic E-state index is -0.0752. The molecule has 1 aromatic rings. The number of hydrogen-bond acceptors (Lipinski definition) is 4. The highest BCUT2D eigenvalue weighted by molar-refractivity contribution is 5.91. The first-order valence-corrected chi connectivity index (χ1v) is 8.05. The highest BCUT2D eigenvalue weighted by atomic mass is 16.5. The zero-order valence-electron chi connectivity index (χ0n) is 13.7. The van der Waals surface area contributed by atoms with E-state index in [2.05, 4.69) is 10.2 Å². The molecule has 1 N–H and O–H groups in total. The first-order chi connectivity index (χ1) is 11.1. The number of hydrogen-bond donors (Lipinski definition) is 1. The van der Waals surface area contributed by atoms with E-state index in [-0.39, 0.29) is 11.8 Å². The maximum absolute atomic E-state index is 12.0. The molecule has 0 atom stereocenters. The monoisotopic (exact) mass is 319 g/mol. The molecule has 0 spiro atoms. The maximum Gasteiger partial charge on any atom is 0.226 e. The van der Waals surface area contributed by atoms with Crippen molar-refractivity contribution in [3.63, 3.8) is 0 Å². The molecule has 1 aliphatic rings. The molecule has 1 aliphatic heterocycles. The smallest absolute Gasteiger partial charge is 0.226 e. The minimum absolute atomic E-state index is 0.00534. The lowest BCUT2D eigenvalue weighted by molar-refractivity contribution is -0.129. The van der Waals surface area contributed by atoms with Gasteiger partial charge in [-0.25, -0.2) is 0 Å². The number of rotatable bonds is 7. The van der Waals surface area contributed by atoms with Gasteiger partial charge in [-0.15, -0.1) is 0 Å². The summed E-state index contributed by atoms with van der Waals surface area (Å²) in [6, 6.07) is 9.34. The van der Waals surface area contributed by atoms with Crippen molar-refractivity contribution in [2.75, 3.05) is 51.3 Å². The second-order valence-corrected chi connectivity index (χ2v) is 5.62. The largest absolute Gasteiger partial charge is 0.379 e. The Balaban J connectivity index is 1.73. The fraction of sp³-hybridized carbons (Fsp3) is 0.529. The molecule has 1 saturated heterocycles. The molecule has 0 bridgehead atoms. The number of anilines is 1. The maximum atomic E-state index is 12.0. The lowest BCUT2D eigenvalue weighted by Gasteiger charge is -2.29. The van der Waals surface area contributed by atoms with Gasteiger partial charge in [0.1, 0.15) is 0 Å². The summed E-state index contributed by atoms with van der Waals surface area (Å²) in [4.78, 5) is 27.7. The van der Waals surface area contributed by atoms with Crippen molar-refractivity contribution < 1.29 is 14.3 Å². The molecular weight excluding hydrogens is 294 g/mol. The molecule has 126 valence electrons. The SMILES string of the molecule is CC(=O)N(CCC(=O)Nc1ccccc1)CCN1CCOCC1. The minimum Gasteiger partial charge on any atom is -0.379 e. The highest BCUT2D eigenvalue weighted by Crippen LogP contribution is 2.06. The van der Waals surface area contributed by atoms with Crippen LogP contribution >= 0.6 is 0 Å². The molecule has 1 heterocycles. The standard InChI is InChI=1S/C17H25N3O3/c1-15(21)20(10-9-19-11-13-23-14-12-19)8-7-17(22)18-16-5-3-2-4-6-16/h2-6H,7-14H2,1H3,(H,18,22). The van der Waals surface area contributed by atoms with E-state index in [4.69, 9.17) is 4.74 Å². The van der Waals surface area contributed by atoms with Gasteiger partial charge >= 0.3 is 0 Å². The molecule has 6 nitrogen and oxygen atoms in total. The van der Waals surface area contributed by atoms with E-state index < -0.39 is 0 Å². The molecule has 6 heteroatoms. The van der Waals surface area contributed by atoms with Crippen LogP contribution in [0.25, 0.3) is 0 Å². The van der Waals surface area contributed by atoms with Crippen LogP contribution in [0.1, 0.15) is 13.3 Å². The van der Waals surface area contributed by atoms with Gasteiger partial charge in [-0.2, -0.15) is 0 Å². The molecule has 0 aliphatic carbocycles. The van der Waals surface area contributed by atoms with Gasteiger partial charge in [0.25, 0.3) is 0 Å². The van der Waals surface area contributed by atoms with E-state index in [0.717, 1.165) is 38.5 Å². The average Bonchev–Trinajstić information content (AvgIpc) is 2.56. The summed E-state index contributed by atoms with van der Waals surface area (Å²) >= 11 is 0. The Morgan fingerprint density at radius 1 is 1.17 bits per heavy atom. The zero-order chi connectivity index (χ0) is 16.5. The fourth-order valence-corrected chi connectivity index (χ4v) is 2.50. The van der Waals surface area contributed by atoms with Crippen molar-refractivity contribution in [2.45, 2.75) is 13.3 Å². The zero-order valence-corrected chi connectivity index (χ0v) is 13.7. The lowest BCUT2D eigenvalue weighted by atomic mass is 10.3. The quantitative estimate of drug-likeness (QED) is 0.820. The predicted octanol–water partition coefficient (Wildman–Crippen LogP) is 1.20. The van der Waals surface area contributed by atoms with Crippen LogP contribution in [-0.4, -0.2) is 67.6 Å². The Hall–Kier alpha value is -1.92. The molecule has 0 saturated carbocycles. The molecule has 23 heavy (non-hydrogen) atoms.